The van der Waals surface area contributed by atoms with Crippen molar-refractivity contribution in [2.24, 2.45) is 5.92 Å². The fourth-order valence-corrected chi connectivity index (χ4v) is 4.08. The first kappa shape index (κ1) is 29.9. The van der Waals surface area contributed by atoms with Gasteiger partial charge in [0.1, 0.15) is 23.8 Å². The standard InChI is InChI=1S/C28H42N4O5/c1-19(2)16-28(6,30-25(33)37-27(3,4)5)18-36-23-11-10-20(14-22(23)17-31(7)8)21-12-13-29-24(15-21)32(9)26(34)35/h10-15,19H,16-18H2,1-9H3,(H,30,33)(H,34,35)/t28-/m0/s1. The number of benzene rings is 1. The Morgan fingerprint density at radius 2 is 1.70 bits per heavy atom. The Bertz CT molecular complexity index is 1080. The third-order valence-electron chi connectivity index (χ3n) is 5.46. The maximum absolute atomic E-state index is 12.6. The predicted molar refractivity (Wildman–Crippen MR) is 146 cm³/mol. The number of anilines is 1. The molecular weight excluding hydrogens is 472 g/mol. The Hall–Kier alpha value is -3.33. The van der Waals surface area contributed by atoms with Crippen molar-refractivity contribution in [3.63, 3.8) is 0 Å². The molecule has 204 valence electrons. The Morgan fingerprint density at radius 3 is 2.27 bits per heavy atom. The van der Waals surface area contributed by atoms with Crippen LogP contribution in [0.2, 0.25) is 0 Å². The molecule has 0 aliphatic carbocycles. The number of hydrogen-bond donors (Lipinski definition) is 2. The van der Waals surface area contributed by atoms with Gasteiger partial charge in [0.05, 0.1) is 5.54 Å². The van der Waals surface area contributed by atoms with Crippen molar-refractivity contribution >= 4 is 18.0 Å². The summed E-state index contributed by atoms with van der Waals surface area (Å²) >= 11 is 0. The molecule has 2 amide bonds. The quantitative estimate of drug-likeness (QED) is 0.423. The molecule has 0 fully saturated rings. The lowest BCUT2D eigenvalue weighted by molar-refractivity contribution is 0.0407. The average molecular weight is 515 g/mol. The SMILES string of the molecule is CC(C)C[C@@](C)(COc1ccc(-c2ccnc(N(C)C(=O)O)c2)cc1CN(C)C)NC(=O)OC(C)(C)C. The van der Waals surface area contributed by atoms with Gasteiger partial charge in [-0.25, -0.2) is 14.6 Å². The van der Waals surface area contributed by atoms with Crippen molar-refractivity contribution < 1.29 is 24.2 Å². The van der Waals surface area contributed by atoms with E-state index in [0.29, 0.717) is 24.7 Å². The van der Waals surface area contributed by atoms with Crippen LogP contribution >= 0.6 is 0 Å². The highest BCUT2D eigenvalue weighted by atomic mass is 16.6. The van der Waals surface area contributed by atoms with Gasteiger partial charge in [0, 0.05) is 25.4 Å². The van der Waals surface area contributed by atoms with Crippen molar-refractivity contribution in [3.05, 3.63) is 42.1 Å². The lowest BCUT2D eigenvalue weighted by atomic mass is 9.91. The molecule has 9 nitrogen and oxygen atoms in total. The second-order valence-electron chi connectivity index (χ2n) is 11.4. The van der Waals surface area contributed by atoms with E-state index in [1.807, 2.05) is 66.1 Å². The van der Waals surface area contributed by atoms with Crippen LogP contribution in [0, 0.1) is 5.92 Å². The molecule has 1 aromatic heterocycles. The monoisotopic (exact) mass is 514 g/mol. The van der Waals surface area contributed by atoms with Crippen LogP contribution in [0.5, 0.6) is 5.75 Å². The second kappa shape index (κ2) is 12.3. The largest absolute Gasteiger partial charge is 0.491 e. The molecule has 0 aliphatic heterocycles. The number of alkyl carbamates (subject to hydrolysis) is 1. The molecule has 0 unspecified atom stereocenters. The number of pyridine rings is 1. The van der Waals surface area contributed by atoms with E-state index < -0.39 is 23.3 Å². The molecule has 0 saturated heterocycles. The van der Waals surface area contributed by atoms with Gasteiger partial charge in [0.25, 0.3) is 0 Å². The van der Waals surface area contributed by atoms with Crippen LogP contribution in [0.1, 0.15) is 53.5 Å². The summed E-state index contributed by atoms with van der Waals surface area (Å²) in [5.41, 5.74) is 1.51. The molecule has 2 aromatic rings. The summed E-state index contributed by atoms with van der Waals surface area (Å²) in [5, 5.41) is 12.3. The molecule has 1 aromatic carbocycles. The first-order chi connectivity index (χ1) is 17.1. The van der Waals surface area contributed by atoms with E-state index >= 15 is 0 Å². The van der Waals surface area contributed by atoms with Crippen LogP contribution in [-0.4, -0.2) is 66.1 Å². The van der Waals surface area contributed by atoms with E-state index in [-0.39, 0.29) is 6.61 Å². The van der Waals surface area contributed by atoms with Crippen LogP contribution < -0.4 is 15.0 Å². The average Bonchev–Trinajstić information content (AvgIpc) is 2.75. The van der Waals surface area contributed by atoms with E-state index in [0.717, 1.165) is 27.3 Å². The molecule has 0 radical (unpaired) electrons. The summed E-state index contributed by atoms with van der Waals surface area (Å²) < 4.78 is 11.8. The van der Waals surface area contributed by atoms with Crippen LogP contribution in [0.15, 0.2) is 36.5 Å². The van der Waals surface area contributed by atoms with Gasteiger partial charge in [0.2, 0.25) is 0 Å². The number of nitrogens with one attached hydrogen (secondary N) is 1. The first-order valence-electron chi connectivity index (χ1n) is 12.4. The minimum atomic E-state index is -1.08. The molecule has 0 aliphatic rings. The lowest BCUT2D eigenvalue weighted by Gasteiger charge is -2.33. The van der Waals surface area contributed by atoms with Crippen LogP contribution in [0.4, 0.5) is 15.4 Å². The summed E-state index contributed by atoms with van der Waals surface area (Å²) in [6.07, 6.45) is 0.762. The lowest BCUT2D eigenvalue weighted by Crippen LogP contribution is -2.52. The molecule has 37 heavy (non-hydrogen) atoms. The van der Waals surface area contributed by atoms with Gasteiger partial charge in [-0.15, -0.1) is 0 Å². The highest BCUT2D eigenvalue weighted by molar-refractivity contribution is 5.85. The zero-order valence-electron chi connectivity index (χ0n) is 23.6. The number of carbonyl (C=O) groups excluding carboxylic acids is 1. The van der Waals surface area contributed by atoms with E-state index in [1.165, 1.54) is 7.05 Å². The third-order valence-corrected chi connectivity index (χ3v) is 5.46. The van der Waals surface area contributed by atoms with Crippen LogP contribution in [0.25, 0.3) is 11.1 Å². The molecule has 9 heteroatoms. The minimum Gasteiger partial charge on any atom is -0.491 e. The molecular formula is C28H42N4O5. The summed E-state index contributed by atoms with van der Waals surface area (Å²) in [6.45, 7) is 12.6. The summed E-state index contributed by atoms with van der Waals surface area (Å²) in [5.74, 6) is 1.39. The van der Waals surface area contributed by atoms with E-state index in [4.69, 9.17) is 9.47 Å². The number of hydrogen-bond acceptors (Lipinski definition) is 6. The van der Waals surface area contributed by atoms with Gasteiger partial charge < -0.3 is 24.8 Å². The maximum atomic E-state index is 12.6. The zero-order valence-corrected chi connectivity index (χ0v) is 23.6. The minimum absolute atomic E-state index is 0.271. The fourth-order valence-electron chi connectivity index (χ4n) is 4.08. The number of carbonyl (C=O) groups is 2. The number of carboxylic acid groups (broad SMARTS) is 1. The zero-order chi connectivity index (χ0) is 28.0. The number of rotatable bonds is 10. The highest BCUT2D eigenvalue weighted by Gasteiger charge is 2.31. The van der Waals surface area contributed by atoms with Crippen molar-refractivity contribution in [3.8, 4) is 16.9 Å². The van der Waals surface area contributed by atoms with E-state index in [9.17, 15) is 14.7 Å². The molecule has 1 heterocycles. The topological polar surface area (TPSA) is 104 Å². The first-order valence-corrected chi connectivity index (χ1v) is 12.4. The third kappa shape index (κ3) is 9.57. The highest BCUT2D eigenvalue weighted by Crippen LogP contribution is 2.30. The van der Waals surface area contributed by atoms with Crippen LogP contribution in [-0.2, 0) is 11.3 Å². The molecule has 0 bridgehead atoms. The molecule has 1 atom stereocenters. The Morgan fingerprint density at radius 1 is 1.05 bits per heavy atom. The van der Waals surface area contributed by atoms with E-state index in [1.54, 1.807) is 12.3 Å². The Kier molecular flexibility index (Phi) is 9.92. The second-order valence-corrected chi connectivity index (χ2v) is 11.4. The molecule has 0 spiro atoms. The molecule has 2 N–H and O–H groups in total. The van der Waals surface area contributed by atoms with Crippen molar-refractivity contribution in [1.82, 2.24) is 15.2 Å². The van der Waals surface area contributed by atoms with Crippen molar-refractivity contribution in [2.45, 2.75) is 65.6 Å². The molecule has 0 saturated carbocycles. The number of amides is 2. The Balaban J connectivity index is 2.33. The van der Waals surface area contributed by atoms with Gasteiger partial charge in [-0.2, -0.15) is 0 Å². The van der Waals surface area contributed by atoms with Gasteiger partial charge in [0.15, 0.2) is 0 Å². The van der Waals surface area contributed by atoms with Crippen molar-refractivity contribution in [1.29, 1.82) is 0 Å². The normalized spacial score (nSPS) is 13.3. The summed E-state index contributed by atoms with van der Waals surface area (Å²) in [6, 6.07) is 9.48. The number of aromatic nitrogens is 1. The summed E-state index contributed by atoms with van der Waals surface area (Å²) in [4.78, 5) is 31.2. The smallest absolute Gasteiger partial charge is 0.412 e. The van der Waals surface area contributed by atoms with Gasteiger partial charge in [-0.05, 0) is 89.5 Å². The molecule has 2 rings (SSSR count). The predicted octanol–water partition coefficient (Wildman–Crippen LogP) is 5.63. The number of ether oxygens (including phenoxy) is 2. The van der Waals surface area contributed by atoms with E-state index in [2.05, 4.69) is 29.0 Å². The number of nitrogens with zero attached hydrogens (tertiary/aromatic N) is 3. The van der Waals surface area contributed by atoms with Crippen LogP contribution in [0.3, 0.4) is 0 Å². The van der Waals surface area contributed by atoms with Gasteiger partial charge in [-0.1, -0.05) is 19.9 Å². The van der Waals surface area contributed by atoms with Gasteiger partial charge in [-0.3, -0.25) is 4.90 Å². The van der Waals surface area contributed by atoms with Gasteiger partial charge >= 0.3 is 12.2 Å². The fraction of sp³-hybridized carbons (Fsp3) is 0.536. The Labute approximate surface area is 220 Å². The maximum Gasteiger partial charge on any atom is 0.412 e. The van der Waals surface area contributed by atoms with Crippen molar-refractivity contribution in [2.75, 3.05) is 32.6 Å². The summed E-state index contributed by atoms with van der Waals surface area (Å²) in [7, 11) is 5.42.